The maximum atomic E-state index is 13.4. The smallest absolute Gasteiger partial charge is 0.187 e. The normalized spacial score (nSPS) is 21.2. The van der Waals surface area contributed by atoms with Crippen LogP contribution in [0.15, 0.2) is 41.3 Å². The highest BCUT2D eigenvalue weighted by molar-refractivity contribution is 7.96. The zero-order valence-corrected chi connectivity index (χ0v) is 18.9. The summed E-state index contributed by atoms with van der Waals surface area (Å²) in [5.41, 5.74) is 2.59. The van der Waals surface area contributed by atoms with Gasteiger partial charge < -0.3 is 10.1 Å². The van der Waals surface area contributed by atoms with Crippen LogP contribution in [0.25, 0.3) is 0 Å². The predicted octanol–water partition coefficient (Wildman–Crippen LogP) is 2.69. The molecule has 0 saturated carbocycles. The molecule has 1 fully saturated rings. The molecular formula is C20H24ClNO5S2. The van der Waals surface area contributed by atoms with E-state index in [4.69, 9.17) is 16.3 Å². The minimum atomic E-state index is -3.94. The van der Waals surface area contributed by atoms with Crippen molar-refractivity contribution >= 4 is 31.3 Å². The van der Waals surface area contributed by atoms with E-state index in [0.717, 1.165) is 16.7 Å². The van der Waals surface area contributed by atoms with Gasteiger partial charge in [-0.1, -0.05) is 23.7 Å². The number of sulfone groups is 2. The van der Waals surface area contributed by atoms with E-state index in [0.29, 0.717) is 11.6 Å². The van der Waals surface area contributed by atoms with E-state index in [1.807, 2.05) is 26.0 Å². The first-order valence-corrected chi connectivity index (χ1v) is 12.9. The monoisotopic (exact) mass is 457 g/mol. The number of aryl methyl sites for hydroxylation is 2. The second-order valence-electron chi connectivity index (χ2n) is 7.36. The van der Waals surface area contributed by atoms with Gasteiger partial charge in [0.25, 0.3) is 0 Å². The van der Waals surface area contributed by atoms with Crippen LogP contribution in [0.3, 0.4) is 0 Å². The maximum Gasteiger partial charge on any atom is 0.187 e. The summed E-state index contributed by atoms with van der Waals surface area (Å²) in [6, 6.07) is 9.61. The molecule has 0 aromatic heterocycles. The zero-order valence-electron chi connectivity index (χ0n) is 16.5. The maximum absolute atomic E-state index is 13.4. The van der Waals surface area contributed by atoms with Crippen molar-refractivity contribution in [2.75, 3.05) is 18.6 Å². The fourth-order valence-electron chi connectivity index (χ4n) is 3.47. The van der Waals surface area contributed by atoms with Crippen LogP contribution in [-0.2, 0) is 26.2 Å². The molecule has 9 heteroatoms. The molecule has 29 heavy (non-hydrogen) atoms. The summed E-state index contributed by atoms with van der Waals surface area (Å²) in [5.74, 6) is -0.407. The molecule has 158 valence electrons. The summed E-state index contributed by atoms with van der Waals surface area (Å²) in [6.45, 7) is 4.02. The van der Waals surface area contributed by atoms with Crippen molar-refractivity contribution in [3.63, 3.8) is 0 Å². The fourth-order valence-corrected chi connectivity index (χ4v) is 8.54. The molecule has 0 amide bonds. The van der Waals surface area contributed by atoms with Crippen LogP contribution < -0.4 is 10.1 Å². The molecule has 0 spiro atoms. The van der Waals surface area contributed by atoms with E-state index in [9.17, 15) is 16.8 Å². The molecule has 1 saturated heterocycles. The first-order chi connectivity index (χ1) is 13.5. The lowest BCUT2D eigenvalue weighted by molar-refractivity contribution is 0.401. The van der Waals surface area contributed by atoms with Gasteiger partial charge in [-0.2, -0.15) is 0 Å². The highest BCUT2D eigenvalue weighted by atomic mass is 35.5. The van der Waals surface area contributed by atoms with E-state index >= 15 is 0 Å². The van der Waals surface area contributed by atoms with Crippen LogP contribution in [0.5, 0.6) is 5.75 Å². The highest BCUT2D eigenvalue weighted by Gasteiger charge is 2.46. The highest BCUT2D eigenvalue weighted by Crippen LogP contribution is 2.33. The second kappa shape index (κ2) is 8.26. The summed E-state index contributed by atoms with van der Waals surface area (Å²) in [7, 11) is -6.02. The van der Waals surface area contributed by atoms with Crippen molar-refractivity contribution < 1.29 is 21.6 Å². The Morgan fingerprint density at radius 3 is 2.34 bits per heavy atom. The first kappa shape index (κ1) is 22.1. The molecule has 1 heterocycles. The van der Waals surface area contributed by atoms with Gasteiger partial charge in [0.1, 0.15) is 10.6 Å². The van der Waals surface area contributed by atoms with E-state index in [1.54, 1.807) is 24.3 Å². The van der Waals surface area contributed by atoms with E-state index in [2.05, 4.69) is 5.32 Å². The standard InChI is InChI=1S/C20H24ClNO5S2/c1-13-8-18(27-3)19(9-14(13)2)29(25,26)20-12-28(23,24)11-17(20)22-10-15-4-6-16(21)7-5-15/h4-9,17,20,22H,10-12H2,1-3H3/t17-,20-/m0/s1. The third-order valence-electron chi connectivity index (χ3n) is 5.27. The summed E-state index contributed by atoms with van der Waals surface area (Å²) in [4.78, 5) is 0.0310. The lowest BCUT2D eigenvalue weighted by atomic mass is 10.1. The van der Waals surface area contributed by atoms with Gasteiger partial charge in [-0.05, 0) is 54.8 Å². The Kier molecular flexibility index (Phi) is 6.29. The lowest BCUT2D eigenvalue weighted by Crippen LogP contribution is -2.43. The average molecular weight is 458 g/mol. The second-order valence-corrected chi connectivity index (χ2v) is 12.1. The molecule has 2 atom stereocenters. The third kappa shape index (κ3) is 4.77. The Morgan fingerprint density at radius 1 is 1.10 bits per heavy atom. The van der Waals surface area contributed by atoms with Crippen molar-refractivity contribution in [2.45, 2.75) is 36.6 Å². The van der Waals surface area contributed by atoms with E-state index < -0.39 is 36.7 Å². The Hall–Kier alpha value is -1.61. The molecule has 3 rings (SSSR count). The number of hydrogen-bond acceptors (Lipinski definition) is 6. The number of methoxy groups -OCH3 is 1. The van der Waals surface area contributed by atoms with Gasteiger partial charge in [-0.25, -0.2) is 16.8 Å². The topological polar surface area (TPSA) is 89.5 Å². The molecule has 2 aromatic rings. The van der Waals surface area contributed by atoms with Crippen LogP contribution in [0.1, 0.15) is 16.7 Å². The Balaban J connectivity index is 1.93. The summed E-state index contributed by atoms with van der Waals surface area (Å²) in [6.07, 6.45) is 0. The average Bonchev–Trinajstić information content (AvgIpc) is 2.98. The largest absolute Gasteiger partial charge is 0.495 e. The minimum Gasteiger partial charge on any atom is -0.495 e. The van der Waals surface area contributed by atoms with Gasteiger partial charge in [0.05, 0.1) is 23.9 Å². The van der Waals surface area contributed by atoms with Crippen molar-refractivity contribution in [2.24, 2.45) is 0 Å². The molecule has 6 nitrogen and oxygen atoms in total. The molecule has 1 aliphatic rings. The van der Waals surface area contributed by atoms with Crippen molar-refractivity contribution in [1.29, 1.82) is 0 Å². The van der Waals surface area contributed by atoms with Gasteiger partial charge in [0.2, 0.25) is 0 Å². The Labute approximate surface area is 177 Å². The Morgan fingerprint density at radius 2 is 1.72 bits per heavy atom. The van der Waals surface area contributed by atoms with Crippen molar-refractivity contribution in [3.8, 4) is 5.75 Å². The lowest BCUT2D eigenvalue weighted by Gasteiger charge is -2.22. The van der Waals surface area contributed by atoms with Crippen LogP contribution in [0, 0.1) is 13.8 Å². The first-order valence-electron chi connectivity index (χ1n) is 9.11. The number of hydrogen-bond donors (Lipinski definition) is 1. The van der Waals surface area contributed by atoms with Crippen LogP contribution in [0.4, 0.5) is 0 Å². The number of benzene rings is 2. The van der Waals surface area contributed by atoms with Crippen LogP contribution in [-0.4, -0.2) is 46.7 Å². The van der Waals surface area contributed by atoms with Crippen molar-refractivity contribution in [1.82, 2.24) is 5.32 Å². The predicted molar refractivity (Wildman–Crippen MR) is 114 cm³/mol. The molecule has 0 aliphatic carbocycles. The van der Waals surface area contributed by atoms with E-state index in [-0.39, 0.29) is 16.4 Å². The van der Waals surface area contributed by atoms with Crippen molar-refractivity contribution in [3.05, 3.63) is 58.1 Å². The molecule has 0 radical (unpaired) electrons. The van der Waals surface area contributed by atoms with E-state index in [1.165, 1.54) is 7.11 Å². The Bertz CT molecular complexity index is 1110. The molecule has 2 aromatic carbocycles. The number of halogens is 1. The zero-order chi connectivity index (χ0) is 21.4. The molecule has 1 N–H and O–H groups in total. The molecule has 1 aliphatic heterocycles. The number of nitrogens with one attached hydrogen (secondary N) is 1. The van der Waals surface area contributed by atoms with Gasteiger partial charge in [-0.3, -0.25) is 0 Å². The summed E-state index contributed by atoms with van der Waals surface area (Å²) < 4.78 is 56.8. The third-order valence-corrected chi connectivity index (χ3v) is 9.69. The SMILES string of the molecule is COc1cc(C)c(C)cc1S(=O)(=O)[C@H]1CS(=O)(=O)C[C@@H]1NCc1ccc(Cl)cc1. The fraction of sp³-hybridized carbons (Fsp3) is 0.400. The van der Waals surface area contributed by atoms with Gasteiger partial charge in [0.15, 0.2) is 19.7 Å². The van der Waals surface area contributed by atoms with Crippen LogP contribution >= 0.6 is 11.6 Å². The molecular weight excluding hydrogens is 434 g/mol. The number of rotatable bonds is 6. The molecule has 0 unspecified atom stereocenters. The van der Waals surface area contributed by atoms with Gasteiger partial charge in [0, 0.05) is 17.6 Å². The van der Waals surface area contributed by atoms with Crippen LogP contribution in [0.2, 0.25) is 5.02 Å². The number of ether oxygens (including phenoxy) is 1. The van der Waals surface area contributed by atoms with Gasteiger partial charge in [-0.15, -0.1) is 0 Å². The minimum absolute atomic E-state index is 0.0310. The quantitative estimate of drug-likeness (QED) is 0.717. The summed E-state index contributed by atoms with van der Waals surface area (Å²) in [5, 5.41) is 2.63. The van der Waals surface area contributed by atoms with Gasteiger partial charge >= 0.3 is 0 Å². The molecule has 0 bridgehead atoms. The summed E-state index contributed by atoms with van der Waals surface area (Å²) >= 11 is 5.89.